The van der Waals surface area contributed by atoms with E-state index in [9.17, 15) is 18.0 Å². The molecule has 0 N–H and O–H groups in total. The lowest BCUT2D eigenvalue weighted by Crippen LogP contribution is -2.51. The Bertz CT molecular complexity index is 920. The van der Waals surface area contributed by atoms with Gasteiger partial charge in [0.25, 0.3) is 5.91 Å². The van der Waals surface area contributed by atoms with E-state index in [1.54, 1.807) is 4.90 Å². The van der Waals surface area contributed by atoms with Crippen molar-refractivity contribution in [3.63, 3.8) is 0 Å². The van der Waals surface area contributed by atoms with E-state index in [4.69, 9.17) is 16.3 Å². The second-order valence-corrected chi connectivity index (χ2v) is 10.9. The van der Waals surface area contributed by atoms with E-state index in [1.807, 2.05) is 13.8 Å². The molecule has 2 aliphatic heterocycles. The number of piperidine rings is 2. The molecule has 0 aromatic heterocycles. The van der Waals surface area contributed by atoms with Gasteiger partial charge in [0.2, 0.25) is 10.0 Å². The minimum atomic E-state index is -3.72. The van der Waals surface area contributed by atoms with Gasteiger partial charge in [-0.15, -0.1) is 0 Å². The Morgan fingerprint density at radius 1 is 1.06 bits per heavy atom. The molecule has 31 heavy (non-hydrogen) atoms. The summed E-state index contributed by atoms with van der Waals surface area (Å²) < 4.78 is 32.8. The molecule has 0 saturated carbocycles. The summed E-state index contributed by atoms with van der Waals surface area (Å²) in [4.78, 5) is 27.5. The lowest BCUT2D eigenvalue weighted by molar-refractivity contribution is -0.146. The third-order valence-electron chi connectivity index (χ3n) is 6.19. The fraction of sp³-hybridized carbons (Fsp3) is 0.636. The Morgan fingerprint density at radius 3 is 2.29 bits per heavy atom. The van der Waals surface area contributed by atoms with Gasteiger partial charge in [-0.05, 0) is 71.1 Å². The van der Waals surface area contributed by atoms with Gasteiger partial charge < -0.3 is 9.64 Å². The van der Waals surface area contributed by atoms with Gasteiger partial charge in [-0.2, -0.15) is 4.31 Å². The van der Waals surface area contributed by atoms with Crippen molar-refractivity contribution in [2.45, 2.75) is 82.4 Å². The van der Waals surface area contributed by atoms with Crippen molar-refractivity contribution in [2.75, 3.05) is 13.1 Å². The fourth-order valence-electron chi connectivity index (χ4n) is 4.42. The van der Waals surface area contributed by atoms with E-state index in [-0.39, 0.29) is 33.5 Å². The highest BCUT2D eigenvalue weighted by Gasteiger charge is 2.34. The van der Waals surface area contributed by atoms with Crippen LogP contribution in [0.25, 0.3) is 0 Å². The molecule has 1 amide bonds. The lowest BCUT2D eigenvalue weighted by atomic mass is 9.97. The van der Waals surface area contributed by atoms with Crippen LogP contribution in [0.5, 0.6) is 0 Å². The highest BCUT2D eigenvalue weighted by Crippen LogP contribution is 2.27. The maximum atomic E-state index is 13.0. The number of carbonyl (C=O) groups is 2. The van der Waals surface area contributed by atoms with Gasteiger partial charge in [-0.3, -0.25) is 4.79 Å². The summed E-state index contributed by atoms with van der Waals surface area (Å²) in [6.07, 6.45) is 4.54. The van der Waals surface area contributed by atoms with Crippen LogP contribution >= 0.6 is 11.6 Å². The summed E-state index contributed by atoms with van der Waals surface area (Å²) in [5.41, 5.74) is -0.0563. The van der Waals surface area contributed by atoms with Gasteiger partial charge >= 0.3 is 5.97 Å². The number of amides is 1. The minimum absolute atomic E-state index is 0.00278. The predicted molar refractivity (Wildman–Crippen MR) is 119 cm³/mol. The molecule has 0 radical (unpaired) electrons. The van der Waals surface area contributed by atoms with Gasteiger partial charge in [0.05, 0.1) is 15.5 Å². The first kappa shape index (κ1) is 24.0. The van der Waals surface area contributed by atoms with Crippen molar-refractivity contribution in [3.8, 4) is 0 Å². The third-order valence-corrected chi connectivity index (χ3v) is 8.41. The van der Waals surface area contributed by atoms with E-state index in [2.05, 4.69) is 0 Å². The molecule has 3 atom stereocenters. The minimum Gasteiger partial charge on any atom is -0.449 e. The Balaban J connectivity index is 1.77. The molecule has 172 valence electrons. The third kappa shape index (κ3) is 5.23. The molecule has 7 nitrogen and oxygen atoms in total. The van der Waals surface area contributed by atoms with E-state index in [1.165, 1.54) is 29.4 Å². The Hall–Kier alpha value is -1.64. The van der Waals surface area contributed by atoms with Crippen LogP contribution in [0, 0.1) is 0 Å². The molecule has 2 saturated heterocycles. The summed E-state index contributed by atoms with van der Waals surface area (Å²) in [6.45, 7) is 6.45. The van der Waals surface area contributed by atoms with Crippen LogP contribution in [0.15, 0.2) is 23.1 Å². The van der Waals surface area contributed by atoms with Crippen molar-refractivity contribution in [1.82, 2.24) is 9.21 Å². The smallest absolute Gasteiger partial charge is 0.340 e. The summed E-state index contributed by atoms with van der Waals surface area (Å²) in [6, 6.07) is 4.20. The maximum absolute atomic E-state index is 13.0. The number of hydrogen-bond acceptors (Lipinski definition) is 5. The average molecular weight is 471 g/mol. The molecule has 2 fully saturated rings. The largest absolute Gasteiger partial charge is 0.449 e. The first-order valence-electron chi connectivity index (χ1n) is 11.0. The van der Waals surface area contributed by atoms with Crippen molar-refractivity contribution in [2.24, 2.45) is 0 Å². The van der Waals surface area contributed by atoms with Crippen LogP contribution in [0.1, 0.15) is 69.7 Å². The van der Waals surface area contributed by atoms with Crippen molar-refractivity contribution >= 4 is 33.5 Å². The van der Waals surface area contributed by atoms with E-state index < -0.39 is 22.1 Å². The fourth-order valence-corrected chi connectivity index (χ4v) is 6.15. The summed E-state index contributed by atoms with van der Waals surface area (Å²) in [5.74, 6) is -1.06. The first-order chi connectivity index (χ1) is 14.6. The molecule has 9 heteroatoms. The zero-order valence-corrected chi connectivity index (χ0v) is 19.9. The number of nitrogens with zero attached hydrogens (tertiary/aromatic N) is 2. The predicted octanol–water partition coefficient (Wildman–Crippen LogP) is 3.85. The van der Waals surface area contributed by atoms with Crippen molar-refractivity contribution in [3.05, 3.63) is 28.8 Å². The topological polar surface area (TPSA) is 84.0 Å². The highest BCUT2D eigenvalue weighted by molar-refractivity contribution is 7.89. The van der Waals surface area contributed by atoms with Gasteiger partial charge in [0.1, 0.15) is 0 Å². The van der Waals surface area contributed by atoms with E-state index in [0.717, 1.165) is 38.5 Å². The molecule has 1 aromatic rings. The highest BCUT2D eigenvalue weighted by atomic mass is 35.5. The summed E-state index contributed by atoms with van der Waals surface area (Å²) in [7, 11) is -3.72. The first-order valence-corrected chi connectivity index (χ1v) is 12.8. The van der Waals surface area contributed by atoms with Gasteiger partial charge in [-0.25, -0.2) is 13.2 Å². The van der Waals surface area contributed by atoms with Crippen LogP contribution in [0.3, 0.4) is 0 Å². The maximum Gasteiger partial charge on any atom is 0.340 e. The molecule has 0 bridgehead atoms. The number of likely N-dealkylation sites (tertiary alicyclic amines) is 1. The molecule has 3 rings (SSSR count). The molecule has 2 aliphatic rings. The molecule has 0 spiro atoms. The number of halogens is 1. The molecule has 1 aromatic carbocycles. The molecular formula is C22H31ClN2O5S. The Morgan fingerprint density at radius 2 is 1.68 bits per heavy atom. The number of ether oxygens (including phenoxy) is 1. The Labute approximate surface area is 189 Å². The SMILES string of the molecule is CC(OC(=O)c1cc(S(=O)(=O)N2CCCCC2)ccc1Cl)C(=O)N1C(C)CCCC1C. The van der Waals surface area contributed by atoms with Gasteiger partial charge in [0.15, 0.2) is 6.10 Å². The zero-order valence-electron chi connectivity index (χ0n) is 18.3. The van der Waals surface area contributed by atoms with Crippen LogP contribution in [-0.4, -0.2) is 60.8 Å². The van der Waals surface area contributed by atoms with Crippen molar-refractivity contribution < 1.29 is 22.7 Å². The summed E-state index contributed by atoms with van der Waals surface area (Å²) in [5, 5.41) is 0.0851. The molecule has 3 unspecified atom stereocenters. The number of benzene rings is 1. The average Bonchev–Trinajstić information content (AvgIpc) is 2.74. The van der Waals surface area contributed by atoms with Crippen LogP contribution in [-0.2, 0) is 19.6 Å². The zero-order chi connectivity index (χ0) is 22.8. The number of rotatable bonds is 5. The lowest BCUT2D eigenvalue weighted by Gasteiger charge is -2.40. The Kier molecular flexibility index (Phi) is 7.65. The van der Waals surface area contributed by atoms with Gasteiger partial charge in [0, 0.05) is 25.2 Å². The number of carbonyl (C=O) groups excluding carboxylic acids is 2. The van der Waals surface area contributed by atoms with Crippen LogP contribution < -0.4 is 0 Å². The number of sulfonamides is 1. The van der Waals surface area contributed by atoms with Crippen LogP contribution in [0.2, 0.25) is 5.02 Å². The van der Waals surface area contributed by atoms with E-state index in [0.29, 0.717) is 13.1 Å². The number of esters is 1. The normalized spacial score (nSPS) is 23.9. The summed E-state index contributed by atoms with van der Waals surface area (Å²) >= 11 is 6.18. The quantitative estimate of drug-likeness (QED) is 0.610. The second kappa shape index (κ2) is 9.88. The number of hydrogen-bond donors (Lipinski definition) is 0. The molecule has 0 aliphatic carbocycles. The van der Waals surface area contributed by atoms with E-state index >= 15 is 0 Å². The van der Waals surface area contributed by atoms with Gasteiger partial charge in [-0.1, -0.05) is 18.0 Å². The van der Waals surface area contributed by atoms with Crippen molar-refractivity contribution in [1.29, 1.82) is 0 Å². The van der Waals surface area contributed by atoms with Crippen LogP contribution in [0.4, 0.5) is 0 Å². The molecule has 2 heterocycles. The molecular weight excluding hydrogens is 440 g/mol. The standard InChI is InChI=1S/C22H31ClN2O5S/c1-15-8-7-9-16(2)25(15)21(26)17(3)30-22(27)19-14-18(10-11-20(19)23)31(28,29)24-12-5-4-6-13-24/h10-11,14-17H,4-9,12-13H2,1-3H3. The second-order valence-electron chi connectivity index (χ2n) is 8.53. The monoisotopic (exact) mass is 470 g/mol.